The highest BCUT2D eigenvalue weighted by Gasteiger charge is 2.44. The zero-order chi connectivity index (χ0) is 18.3. The number of rotatable bonds is 9. The molecule has 0 aromatic heterocycles. The van der Waals surface area contributed by atoms with Crippen LogP contribution in [0.1, 0.15) is 65.7 Å². The van der Waals surface area contributed by atoms with Gasteiger partial charge in [-0.2, -0.15) is 8.78 Å². The fourth-order valence-electron chi connectivity index (χ4n) is 3.19. The van der Waals surface area contributed by atoms with E-state index < -0.39 is 30.2 Å². The van der Waals surface area contributed by atoms with E-state index in [9.17, 15) is 23.5 Å². The predicted molar refractivity (Wildman–Crippen MR) is 86.9 cm³/mol. The molecule has 0 saturated heterocycles. The van der Waals surface area contributed by atoms with Crippen molar-refractivity contribution in [2.24, 2.45) is 11.8 Å². The highest BCUT2D eigenvalue weighted by molar-refractivity contribution is 5.88. The molecule has 1 N–H and O–H groups in total. The van der Waals surface area contributed by atoms with Crippen LogP contribution in [-0.2, 0) is 14.3 Å². The Labute approximate surface area is 142 Å². The van der Waals surface area contributed by atoms with Gasteiger partial charge in [0.05, 0.1) is 6.61 Å². The van der Waals surface area contributed by atoms with Gasteiger partial charge < -0.3 is 9.84 Å². The van der Waals surface area contributed by atoms with Crippen LogP contribution in [0.2, 0.25) is 0 Å². The van der Waals surface area contributed by atoms with Crippen LogP contribution in [0.4, 0.5) is 8.78 Å². The number of allylic oxidation sites excluding steroid dienone is 1. The van der Waals surface area contributed by atoms with Gasteiger partial charge in [0.1, 0.15) is 0 Å². The number of hydrogen-bond donors (Lipinski definition) is 1. The average molecular weight is 346 g/mol. The van der Waals surface area contributed by atoms with E-state index in [1.54, 1.807) is 0 Å². The molecule has 4 nitrogen and oxygen atoms in total. The molecule has 0 aliphatic heterocycles. The van der Waals surface area contributed by atoms with E-state index >= 15 is 0 Å². The zero-order valence-corrected chi connectivity index (χ0v) is 14.7. The number of carbonyl (C=O) groups is 2. The molecule has 0 bridgehead atoms. The van der Waals surface area contributed by atoms with Crippen molar-refractivity contribution >= 4 is 11.9 Å². The fraction of sp³-hybridized carbons (Fsp3) is 0.778. The number of carboxylic acid groups (broad SMARTS) is 1. The largest absolute Gasteiger partial charge is 0.478 e. The Kier molecular flexibility index (Phi) is 7.84. The van der Waals surface area contributed by atoms with Crippen molar-refractivity contribution < 1.29 is 28.2 Å². The molecule has 0 aromatic rings. The third-order valence-electron chi connectivity index (χ3n) is 4.43. The third kappa shape index (κ3) is 5.87. The normalized spacial score (nSPS) is 17.1. The minimum Gasteiger partial charge on any atom is -0.478 e. The summed E-state index contributed by atoms with van der Waals surface area (Å²) in [7, 11) is 0. The van der Waals surface area contributed by atoms with Gasteiger partial charge >= 0.3 is 17.9 Å². The van der Waals surface area contributed by atoms with Crippen LogP contribution >= 0.6 is 0 Å². The molecule has 1 unspecified atom stereocenters. The second-order valence-corrected chi connectivity index (χ2v) is 6.81. The molecule has 1 aliphatic carbocycles. The molecule has 0 radical (unpaired) electrons. The van der Waals surface area contributed by atoms with Crippen molar-refractivity contribution in [3.63, 3.8) is 0 Å². The monoisotopic (exact) mass is 346 g/mol. The minimum atomic E-state index is -3.59. The molecule has 1 atom stereocenters. The lowest BCUT2D eigenvalue weighted by molar-refractivity contribution is -0.173. The molecule has 0 amide bonds. The summed E-state index contributed by atoms with van der Waals surface area (Å²) in [5.74, 6) is -6.42. The summed E-state index contributed by atoms with van der Waals surface area (Å²) in [4.78, 5) is 23.0. The van der Waals surface area contributed by atoms with Crippen molar-refractivity contribution in [2.75, 3.05) is 6.61 Å². The highest BCUT2D eigenvalue weighted by Crippen LogP contribution is 2.39. The average Bonchev–Trinajstić information content (AvgIpc) is 2.51. The molecule has 6 heteroatoms. The number of alkyl halides is 2. The lowest BCUT2D eigenvalue weighted by atomic mass is 9.78. The van der Waals surface area contributed by atoms with E-state index in [4.69, 9.17) is 0 Å². The van der Waals surface area contributed by atoms with Crippen LogP contribution in [0.25, 0.3) is 0 Å². The van der Waals surface area contributed by atoms with Crippen molar-refractivity contribution in [2.45, 2.75) is 71.6 Å². The SMILES string of the molecule is CCOC(=O)C(F)(F)CC(CCC(C)C)C1=C(C(=O)O)CCCC1. The second-order valence-electron chi connectivity index (χ2n) is 6.81. The van der Waals surface area contributed by atoms with Gasteiger partial charge in [-0.15, -0.1) is 0 Å². The van der Waals surface area contributed by atoms with Crippen LogP contribution in [0.15, 0.2) is 11.1 Å². The minimum absolute atomic E-state index is 0.103. The van der Waals surface area contributed by atoms with Crippen LogP contribution in [-0.4, -0.2) is 29.6 Å². The first kappa shape index (κ1) is 20.6. The van der Waals surface area contributed by atoms with Gasteiger partial charge in [0.2, 0.25) is 0 Å². The predicted octanol–water partition coefficient (Wildman–Crippen LogP) is 4.58. The standard InChI is InChI=1S/C18H28F2O4/c1-4-24-17(23)18(19,20)11-13(10-9-12(2)3)14-7-5-6-8-15(14)16(21)22/h12-13H,4-11H2,1-3H3,(H,21,22). The first-order valence-electron chi connectivity index (χ1n) is 8.69. The molecular weight excluding hydrogens is 318 g/mol. The Morgan fingerprint density at radius 3 is 2.38 bits per heavy atom. The first-order chi connectivity index (χ1) is 11.2. The Hall–Kier alpha value is -1.46. The molecule has 1 aliphatic rings. The van der Waals surface area contributed by atoms with E-state index in [1.807, 2.05) is 13.8 Å². The smallest absolute Gasteiger partial charge is 0.376 e. The maximum Gasteiger partial charge on any atom is 0.376 e. The van der Waals surface area contributed by atoms with Crippen LogP contribution in [0.3, 0.4) is 0 Å². The van der Waals surface area contributed by atoms with Gasteiger partial charge in [-0.1, -0.05) is 25.8 Å². The van der Waals surface area contributed by atoms with Gasteiger partial charge in [-0.3, -0.25) is 0 Å². The quantitative estimate of drug-likeness (QED) is 0.621. The van der Waals surface area contributed by atoms with Gasteiger partial charge in [0.15, 0.2) is 0 Å². The van der Waals surface area contributed by atoms with Crippen LogP contribution < -0.4 is 0 Å². The summed E-state index contributed by atoms with van der Waals surface area (Å²) in [5.41, 5.74) is 0.855. The molecule has 0 heterocycles. The summed E-state index contributed by atoms with van der Waals surface area (Å²) < 4.78 is 32.9. The molecular formula is C18H28F2O4. The summed E-state index contributed by atoms with van der Waals surface area (Å²) in [5, 5.41) is 9.39. The molecule has 0 fully saturated rings. The number of hydrogen-bond acceptors (Lipinski definition) is 3. The topological polar surface area (TPSA) is 63.6 Å². The molecule has 0 spiro atoms. The summed E-state index contributed by atoms with van der Waals surface area (Å²) >= 11 is 0. The Morgan fingerprint density at radius 2 is 1.83 bits per heavy atom. The van der Waals surface area contributed by atoms with E-state index in [2.05, 4.69) is 4.74 Å². The van der Waals surface area contributed by atoms with Crippen molar-refractivity contribution in [3.8, 4) is 0 Å². The van der Waals surface area contributed by atoms with E-state index in [-0.39, 0.29) is 12.2 Å². The molecule has 0 saturated carbocycles. The Balaban J connectivity index is 3.07. The molecule has 1 rings (SSSR count). The maximum atomic E-state index is 14.2. The van der Waals surface area contributed by atoms with Gasteiger partial charge in [-0.05, 0) is 50.9 Å². The van der Waals surface area contributed by atoms with Gasteiger partial charge in [0.25, 0.3) is 0 Å². The Morgan fingerprint density at radius 1 is 1.21 bits per heavy atom. The maximum absolute atomic E-state index is 14.2. The summed E-state index contributed by atoms with van der Waals surface area (Å²) in [6.45, 7) is 5.37. The fourth-order valence-corrected chi connectivity index (χ4v) is 3.19. The van der Waals surface area contributed by atoms with Crippen molar-refractivity contribution in [1.82, 2.24) is 0 Å². The number of ether oxygens (including phenoxy) is 1. The number of carbonyl (C=O) groups excluding carboxylic acids is 1. The van der Waals surface area contributed by atoms with E-state index in [0.29, 0.717) is 37.2 Å². The summed E-state index contributed by atoms with van der Waals surface area (Å²) in [6, 6.07) is 0. The first-order valence-corrected chi connectivity index (χ1v) is 8.69. The molecule has 24 heavy (non-hydrogen) atoms. The van der Waals surface area contributed by atoms with Gasteiger partial charge in [-0.25, -0.2) is 9.59 Å². The van der Waals surface area contributed by atoms with E-state index in [1.165, 1.54) is 6.92 Å². The lowest BCUT2D eigenvalue weighted by Gasteiger charge is -2.29. The number of halogens is 2. The third-order valence-corrected chi connectivity index (χ3v) is 4.43. The Bertz CT molecular complexity index is 483. The van der Waals surface area contributed by atoms with Gasteiger partial charge in [0, 0.05) is 12.0 Å². The van der Waals surface area contributed by atoms with Crippen LogP contribution in [0.5, 0.6) is 0 Å². The zero-order valence-electron chi connectivity index (χ0n) is 14.7. The van der Waals surface area contributed by atoms with E-state index in [0.717, 1.165) is 12.8 Å². The van der Waals surface area contributed by atoms with Crippen LogP contribution in [0, 0.1) is 11.8 Å². The lowest BCUT2D eigenvalue weighted by Crippen LogP contribution is -2.34. The number of esters is 1. The number of carboxylic acids is 1. The highest BCUT2D eigenvalue weighted by atomic mass is 19.3. The van der Waals surface area contributed by atoms with Crippen molar-refractivity contribution in [1.29, 1.82) is 0 Å². The van der Waals surface area contributed by atoms with Crippen molar-refractivity contribution in [3.05, 3.63) is 11.1 Å². The summed E-state index contributed by atoms with van der Waals surface area (Å²) in [6.07, 6.45) is 2.98. The number of aliphatic carboxylic acids is 1. The second kappa shape index (κ2) is 9.14. The molecule has 0 aromatic carbocycles. The molecule has 138 valence electrons.